The Morgan fingerprint density at radius 2 is 1.53 bits per heavy atom. The molecule has 106 valence electrons. The summed E-state index contributed by atoms with van der Waals surface area (Å²) < 4.78 is 4.69. The summed E-state index contributed by atoms with van der Waals surface area (Å²) in [5.41, 5.74) is 0. The third-order valence-corrected chi connectivity index (χ3v) is 1.88. The third-order valence-electron chi connectivity index (χ3n) is 1.88. The van der Waals surface area contributed by atoms with Crippen LogP contribution in [0.5, 0.6) is 0 Å². The smallest absolute Gasteiger partial charge is 0.245 e. The van der Waals surface area contributed by atoms with Gasteiger partial charge >= 0.3 is 0 Å². The maximum atomic E-state index is 10.9. The summed E-state index contributed by atoms with van der Waals surface area (Å²) in [6.45, 7) is 11.2. The molecule has 0 aromatic heterocycles. The summed E-state index contributed by atoms with van der Waals surface area (Å²) in [6, 6.07) is 0. The fourth-order valence-electron chi connectivity index (χ4n) is 1.14. The van der Waals surface area contributed by atoms with Gasteiger partial charge in [-0.15, -0.1) is 0 Å². The number of methoxy groups -OCH3 is 1. The molecule has 1 N–H and O–H groups in total. The number of hydrogen-bond donors (Lipinski definition) is 1. The Hall–Kier alpha value is -0.570. The van der Waals surface area contributed by atoms with Crippen molar-refractivity contribution < 1.29 is 9.53 Å². The summed E-state index contributed by atoms with van der Waals surface area (Å²) in [5, 5.41) is 2.80. The number of rotatable bonds is 8. The Bertz CT molecular complexity index is 127. The molecule has 0 aliphatic heterocycles. The molecule has 0 aliphatic carbocycles. The Morgan fingerprint density at radius 1 is 1.00 bits per heavy atom. The van der Waals surface area contributed by atoms with Crippen LogP contribution in [0.15, 0.2) is 0 Å². The Morgan fingerprint density at radius 3 is 2.00 bits per heavy atom. The van der Waals surface area contributed by atoms with Gasteiger partial charge in [0.2, 0.25) is 5.91 Å². The van der Waals surface area contributed by atoms with Gasteiger partial charge in [0.1, 0.15) is 6.61 Å². The summed E-state index contributed by atoms with van der Waals surface area (Å²) in [4.78, 5) is 10.9. The highest BCUT2D eigenvalue weighted by molar-refractivity contribution is 5.77. The van der Waals surface area contributed by atoms with Crippen molar-refractivity contribution in [2.75, 3.05) is 20.3 Å². The van der Waals surface area contributed by atoms with Crippen molar-refractivity contribution in [2.24, 2.45) is 0 Å². The zero-order valence-electron chi connectivity index (χ0n) is 12.8. The van der Waals surface area contributed by atoms with E-state index in [-0.39, 0.29) is 12.5 Å². The van der Waals surface area contributed by atoms with E-state index in [9.17, 15) is 4.79 Å². The van der Waals surface area contributed by atoms with E-state index in [0.29, 0.717) is 0 Å². The zero-order chi connectivity index (χ0) is 13.9. The number of amides is 1. The molecule has 0 aliphatic rings. The van der Waals surface area contributed by atoms with Crippen molar-refractivity contribution in [3.63, 3.8) is 0 Å². The lowest BCUT2D eigenvalue weighted by atomic mass is 10.1. The second-order valence-electron chi connectivity index (χ2n) is 3.20. The van der Waals surface area contributed by atoms with Crippen molar-refractivity contribution >= 4 is 5.91 Å². The number of ether oxygens (including phenoxy) is 1. The first kappa shape index (κ1) is 21.7. The quantitative estimate of drug-likeness (QED) is 0.663. The van der Waals surface area contributed by atoms with Crippen LogP contribution in [0, 0.1) is 0 Å². The Kier molecular flexibility index (Phi) is 31.4. The highest BCUT2D eigenvalue weighted by atomic mass is 16.5. The van der Waals surface area contributed by atoms with Crippen molar-refractivity contribution in [2.45, 2.75) is 66.7 Å². The lowest BCUT2D eigenvalue weighted by Gasteiger charge is -2.03. The molecule has 3 nitrogen and oxygen atoms in total. The molecule has 0 saturated heterocycles. The highest BCUT2D eigenvalue weighted by Crippen LogP contribution is 2.00. The second-order valence-corrected chi connectivity index (χ2v) is 3.20. The monoisotopic (exact) mass is 247 g/mol. The molecule has 0 aromatic rings. The molecule has 0 bridgehead atoms. The molecule has 1 amide bonds. The van der Waals surface area contributed by atoms with E-state index in [1.54, 1.807) is 0 Å². The number of hydrogen-bond acceptors (Lipinski definition) is 2. The van der Waals surface area contributed by atoms with E-state index in [0.717, 1.165) is 13.0 Å². The molecule has 0 radical (unpaired) electrons. The van der Waals surface area contributed by atoms with Gasteiger partial charge in [-0.25, -0.2) is 0 Å². The van der Waals surface area contributed by atoms with Crippen LogP contribution < -0.4 is 5.32 Å². The fraction of sp³-hybridized carbons (Fsp3) is 0.929. The van der Waals surface area contributed by atoms with Crippen molar-refractivity contribution in [1.82, 2.24) is 5.32 Å². The molecule has 0 fully saturated rings. The van der Waals surface area contributed by atoms with Crippen molar-refractivity contribution in [3.8, 4) is 0 Å². The largest absolute Gasteiger partial charge is 0.375 e. The number of carbonyl (C=O) groups is 1. The average molecular weight is 247 g/mol. The van der Waals surface area contributed by atoms with E-state index in [1.807, 2.05) is 27.7 Å². The van der Waals surface area contributed by atoms with Crippen molar-refractivity contribution in [1.29, 1.82) is 0 Å². The van der Waals surface area contributed by atoms with Gasteiger partial charge < -0.3 is 10.1 Å². The average Bonchev–Trinajstić information content (AvgIpc) is 2.39. The van der Waals surface area contributed by atoms with E-state index in [2.05, 4.69) is 17.0 Å². The minimum atomic E-state index is -0.0157. The predicted octanol–water partition coefficient (Wildman–Crippen LogP) is 3.77. The minimum absolute atomic E-state index is 0.0157. The lowest BCUT2D eigenvalue weighted by molar-refractivity contribution is -0.124. The summed E-state index contributed by atoms with van der Waals surface area (Å²) >= 11 is 0. The second kappa shape index (κ2) is 24.6. The highest BCUT2D eigenvalue weighted by Gasteiger charge is 1.97. The van der Waals surface area contributed by atoms with Crippen LogP contribution in [0.2, 0.25) is 0 Å². The fourth-order valence-corrected chi connectivity index (χ4v) is 1.14. The number of unbranched alkanes of at least 4 members (excludes halogenated alkanes) is 4. The molecule has 0 spiro atoms. The van der Waals surface area contributed by atoms with E-state index in [4.69, 9.17) is 0 Å². The van der Waals surface area contributed by atoms with E-state index < -0.39 is 0 Å². The lowest BCUT2D eigenvalue weighted by Crippen LogP contribution is -2.27. The number of carbonyl (C=O) groups excluding carboxylic acids is 1. The maximum absolute atomic E-state index is 10.9. The molecule has 17 heavy (non-hydrogen) atoms. The van der Waals surface area contributed by atoms with Gasteiger partial charge in [0, 0.05) is 13.7 Å². The molecule has 0 saturated carbocycles. The molecule has 0 heterocycles. The van der Waals surface area contributed by atoms with Crippen LogP contribution in [0.1, 0.15) is 66.7 Å². The topological polar surface area (TPSA) is 38.3 Å². The summed E-state index contributed by atoms with van der Waals surface area (Å²) in [5.74, 6) is -0.0157. The maximum Gasteiger partial charge on any atom is 0.245 e. The third kappa shape index (κ3) is 25.6. The standard InChI is InChI=1S/C10H21NO2.2C2H6/c1-3-4-5-6-7-8-11-10(12)9-13-2;2*1-2/h3-9H2,1-2H3,(H,11,12);2*1-2H3. The summed E-state index contributed by atoms with van der Waals surface area (Å²) in [7, 11) is 1.53. The van der Waals surface area contributed by atoms with Crippen LogP contribution in [0.3, 0.4) is 0 Å². The first-order chi connectivity index (χ1) is 8.31. The van der Waals surface area contributed by atoms with Gasteiger partial charge in [0.25, 0.3) is 0 Å². The van der Waals surface area contributed by atoms with Gasteiger partial charge in [-0.3, -0.25) is 4.79 Å². The zero-order valence-corrected chi connectivity index (χ0v) is 12.8. The van der Waals surface area contributed by atoms with Gasteiger partial charge in [-0.2, -0.15) is 0 Å². The normalized spacial score (nSPS) is 8.35. The van der Waals surface area contributed by atoms with Crippen LogP contribution in [0.25, 0.3) is 0 Å². The predicted molar refractivity (Wildman–Crippen MR) is 76.3 cm³/mol. The molecule has 0 aromatic carbocycles. The Balaban J connectivity index is -0.000000439. The van der Waals surface area contributed by atoms with Crippen LogP contribution in [0.4, 0.5) is 0 Å². The van der Waals surface area contributed by atoms with Gasteiger partial charge in [0.15, 0.2) is 0 Å². The van der Waals surface area contributed by atoms with Crippen LogP contribution >= 0.6 is 0 Å². The molecule has 3 heteroatoms. The van der Waals surface area contributed by atoms with Gasteiger partial charge in [0.05, 0.1) is 0 Å². The van der Waals surface area contributed by atoms with Crippen molar-refractivity contribution in [3.05, 3.63) is 0 Å². The van der Waals surface area contributed by atoms with E-state index >= 15 is 0 Å². The molecular weight excluding hydrogens is 214 g/mol. The Labute approximate surface area is 108 Å². The first-order valence-corrected chi connectivity index (χ1v) is 7.07. The molecule has 0 atom stereocenters. The number of nitrogens with one attached hydrogen (secondary N) is 1. The van der Waals surface area contributed by atoms with E-state index in [1.165, 1.54) is 32.8 Å². The van der Waals surface area contributed by atoms with Crippen LogP contribution in [-0.4, -0.2) is 26.2 Å². The van der Waals surface area contributed by atoms with Gasteiger partial charge in [-0.1, -0.05) is 60.3 Å². The minimum Gasteiger partial charge on any atom is -0.375 e. The molecular formula is C14H33NO2. The molecule has 0 unspecified atom stereocenters. The first-order valence-electron chi connectivity index (χ1n) is 7.07. The van der Waals surface area contributed by atoms with Gasteiger partial charge in [-0.05, 0) is 6.42 Å². The van der Waals surface area contributed by atoms with Crippen LogP contribution in [-0.2, 0) is 9.53 Å². The molecule has 0 rings (SSSR count). The summed E-state index contributed by atoms with van der Waals surface area (Å²) in [6.07, 6.45) is 6.12. The SMILES string of the molecule is CC.CC.CCCCCCCNC(=O)COC.